The zero-order valence-corrected chi connectivity index (χ0v) is 13.2. The van der Waals surface area contributed by atoms with Crippen LogP contribution < -0.4 is 11.4 Å². The van der Waals surface area contributed by atoms with Crippen LogP contribution in [0.5, 0.6) is 0 Å². The molecular weight excluding hydrogens is 337 g/mol. The van der Waals surface area contributed by atoms with Crippen molar-refractivity contribution in [3.8, 4) is 0 Å². The number of nitrogen functional groups attached to an aromatic ring is 1. The molecule has 0 aliphatic carbocycles. The van der Waals surface area contributed by atoms with E-state index in [9.17, 15) is 14.0 Å². The lowest BCUT2D eigenvalue weighted by Gasteiger charge is -2.12. The Morgan fingerprint density at radius 3 is 2.96 bits per heavy atom. The van der Waals surface area contributed by atoms with Gasteiger partial charge in [-0.25, -0.2) is 14.0 Å². The van der Waals surface area contributed by atoms with Gasteiger partial charge in [0, 0.05) is 6.20 Å². The van der Waals surface area contributed by atoms with Gasteiger partial charge < -0.3 is 15.2 Å². The highest BCUT2D eigenvalue weighted by molar-refractivity contribution is 8.00. The van der Waals surface area contributed by atoms with Gasteiger partial charge in [0.05, 0.1) is 12.2 Å². The Morgan fingerprint density at radius 2 is 2.21 bits per heavy atom. The third-order valence-corrected chi connectivity index (χ3v) is 4.59. The lowest BCUT2D eigenvalue weighted by molar-refractivity contribution is 0.0273. The summed E-state index contributed by atoms with van der Waals surface area (Å²) in [6.07, 6.45) is 1.00. The van der Waals surface area contributed by atoms with Crippen LogP contribution in [0.25, 0.3) is 0 Å². The van der Waals surface area contributed by atoms with Gasteiger partial charge in [-0.05, 0) is 12.1 Å². The molecule has 1 aromatic heterocycles. The maximum absolute atomic E-state index is 13.5. The molecule has 0 spiro atoms. The predicted molar refractivity (Wildman–Crippen MR) is 86.0 cm³/mol. The Kier molecular flexibility index (Phi) is 4.81. The SMILES string of the molecule is Nc1nc(=O)n([C@H]2CO[C@H](COC(=O)c3ccccc3)S2)cc1F. The molecule has 2 N–H and O–H groups in total. The maximum Gasteiger partial charge on any atom is 0.350 e. The molecule has 0 radical (unpaired) electrons. The van der Waals surface area contributed by atoms with Gasteiger partial charge in [0.1, 0.15) is 17.4 Å². The summed E-state index contributed by atoms with van der Waals surface area (Å²) < 4.78 is 25.3. The fourth-order valence-electron chi connectivity index (χ4n) is 2.14. The maximum atomic E-state index is 13.5. The fourth-order valence-corrected chi connectivity index (χ4v) is 3.24. The summed E-state index contributed by atoms with van der Waals surface area (Å²) >= 11 is 1.25. The average molecular weight is 351 g/mol. The van der Waals surface area contributed by atoms with E-state index in [1.54, 1.807) is 30.3 Å². The Labute approximate surface area is 140 Å². The molecule has 0 bridgehead atoms. The Balaban J connectivity index is 1.59. The smallest absolute Gasteiger partial charge is 0.350 e. The van der Waals surface area contributed by atoms with E-state index in [1.165, 1.54) is 11.8 Å². The van der Waals surface area contributed by atoms with E-state index in [0.29, 0.717) is 5.56 Å². The van der Waals surface area contributed by atoms with Gasteiger partial charge in [-0.15, -0.1) is 0 Å². The summed E-state index contributed by atoms with van der Waals surface area (Å²) in [4.78, 5) is 27.1. The molecule has 3 rings (SSSR count). The van der Waals surface area contributed by atoms with E-state index in [1.807, 2.05) is 0 Å². The topological polar surface area (TPSA) is 96.4 Å². The molecule has 1 aliphatic rings. The van der Waals surface area contributed by atoms with Crippen molar-refractivity contribution >= 4 is 23.5 Å². The highest BCUT2D eigenvalue weighted by Crippen LogP contribution is 2.35. The first kappa shape index (κ1) is 16.5. The third-order valence-electron chi connectivity index (χ3n) is 3.34. The van der Waals surface area contributed by atoms with Gasteiger partial charge >= 0.3 is 11.7 Å². The average Bonchev–Trinajstić information content (AvgIpc) is 3.05. The number of rotatable bonds is 4. The van der Waals surface area contributed by atoms with Crippen LogP contribution in [-0.4, -0.2) is 34.2 Å². The molecule has 2 heterocycles. The van der Waals surface area contributed by atoms with Crippen molar-refractivity contribution in [3.05, 3.63) is 58.4 Å². The first-order valence-corrected chi connectivity index (χ1v) is 8.02. The lowest BCUT2D eigenvalue weighted by atomic mass is 10.2. The molecule has 1 fully saturated rings. The number of benzene rings is 1. The minimum atomic E-state index is -0.769. The standard InChI is InChI=1S/C15H14FN3O4S/c16-10-6-19(15(21)18-13(10)17)11-7-22-12(24-11)8-23-14(20)9-4-2-1-3-5-9/h1-6,11-12H,7-8H2,(H2,17,18,21)/t11-,12+/m1/s1. The van der Waals surface area contributed by atoms with E-state index in [2.05, 4.69) is 4.98 Å². The van der Waals surface area contributed by atoms with Crippen molar-refractivity contribution in [2.75, 3.05) is 18.9 Å². The number of carbonyl (C=O) groups excluding carboxylic acids is 1. The zero-order chi connectivity index (χ0) is 17.1. The van der Waals surface area contributed by atoms with Gasteiger partial charge in [0.15, 0.2) is 11.6 Å². The highest BCUT2D eigenvalue weighted by Gasteiger charge is 2.30. The minimum Gasteiger partial charge on any atom is -0.458 e. The number of aromatic nitrogens is 2. The number of halogens is 1. The molecule has 2 aromatic rings. The van der Waals surface area contributed by atoms with E-state index in [-0.39, 0.29) is 13.2 Å². The molecular formula is C15H14FN3O4S. The second kappa shape index (κ2) is 7.02. The van der Waals surface area contributed by atoms with Gasteiger partial charge in [-0.2, -0.15) is 4.98 Å². The van der Waals surface area contributed by atoms with E-state index < -0.39 is 34.1 Å². The van der Waals surface area contributed by atoms with Crippen molar-refractivity contribution in [1.82, 2.24) is 9.55 Å². The number of anilines is 1. The number of thioether (sulfide) groups is 1. The molecule has 9 heteroatoms. The summed E-state index contributed by atoms with van der Waals surface area (Å²) in [5.41, 5.74) is 4.59. The van der Waals surface area contributed by atoms with Crippen molar-refractivity contribution in [1.29, 1.82) is 0 Å². The van der Waals surface area contributed by atoms with Gasteiger partial charge in [-0.1, -0.05) is 30.0 Å². The number of hydrogen-bond acceptors (Lipinski definition) is 7. The van der Waals surface area contributed by atoms with Crippen LogP contribution in [0, 0.1) is 5.82 Å². The number of hydrogen-bond donors (Lipinski definition) is 1. The van der Waals surface area contributed by atoms with Crippen LogP contribution in [-0.2, 0) is 9.47 Å². The van der Waals surface area contributed by atoms with E-state index >= 15 is 0 Å². The van der Waals surface area contributed by atoms with Crippen LogP contribution in [0.4, 0.5) is 10.2 Å². The molecule has 1 aromatic carbocycles. The number of nitrogens with two attached hydrogens (primary N) is 1. The van der Waals surface area contributed by atoms with Gasteiger partial charge in [0.25, 0.3) is 0 Å². The molecule has 1 saturated heterocycles. The van der Waals surface area contributed by atoms with Crippen molar-refractivity contribution < 1.29 is 18.7 Å². The van der Waals surface area contributed by atoms with Crippen LogP contribution in [0.3, 0.4) is 0 Å². The third kappa shape index (κ3) is 3.57. The molecule has 24 heavy (non-hydrogen) atoms. The van der Waals surface area contributed by atoms with Crippen LogP contribution in [0.2, 0.25) is 0 Å². The summed E-state index contributed by atoms with van der Waals surface area (Å²) in [6, 6.07) is 8.58. The van der Waals surface area contributed by atoms with E-state index in [4.69, 9.17) is 15.2 Å². The Hall–Kier alpha value is -2.39. The molecule has 0 unspecified atom stereocenters. The van der Waals surface area contributed by atoms with Crippen molar-refractivity contribution in [2.45, 2.75) is 10.8 Å². The monoisotopic (exact) mass is 351 g/mol. The quantitative estimate of drug-likeness (QED) is 0.832. The zero-order valence-electron chi connectivity index (χ0n) is 12.4. The predicted octanol–water partition coefficient (Wildman–Crippen LogP) is 1.41. The molecule has 126 valence electrons. The number of nitrogens with zero attached hydrogens (tertiary/aromatic N) is 2. The Morgan fingerprint density at radius 1 is 1.46 bits per heavy atom. The summed E-state index contributed by atoms with van der Waals surface area (Å²) in [6.45, 7) is 0.192. The van der Waals surface area contributed by atoms with Crippen molar-refractivity contribution in [3.63, 3.8) is 0 Å². The molecule has 1 aliphatic heterocycles. The highest BCUT2D eigenvalue weighted by atomic mass is 32.2. The molecule has 7 nitrogen and oxygen atoms in total. The molecule has 0 saturated carbocycles. The van der Waals surface area contributed by atoms with Crippen LogP contribution in [0.15, 0.2) is 41.3 Å². The molecule has 2 atom stereocenters. The number of carbonyl (C=O) groups is 1. The summed E-state index contributed by atoms with van der Waals surface area (Å²) in [7, 11) is 0. The van der Waals surface area contributed by atoms with Gasteiger partial charge in [-0.3, -0.25) is 4.57 Å². The lowest BCUT2D eigenvalue weighted by Crippen LogP contribution is -2.27. The molecule has 0 amide bonds. The van der Waals surface area contributed by atoms with Crippen LogP contribution >= 0.6 is 11.8 Å². The first-order valence-electron chi connectivity index (χ1n) is 7.08. The second-order valence-corrected chi connectivity index (χ2v) is 6.32. The first-order chi connectivity index (χ1) is 11.5. The Bertz CT molecular complexity index is 799. The van der Waals surface area contributed by atoms with Gasteiger partial charge in [0.2, 0.25) is 0 Å². The number of esters is 1. The minimum absolute atomic E-state index is 0.0223. The summed E-state index contributed by atoms with van der Waals surface area (Å²) in [5.74, 6) is -1.66. The number of ether oxygens (including phenoxy) is 2. The fraction of sp³-hybridized carbons (Fsp3) is 0.267. The van der Waals surface area contributed by atoms with E-state index in [0.717, 1.165) is 10.8 Å². The van der Waals surface area contributed by atoms with Crippen molar-refractivity contribution in [2.24, 2.45) is 0 Å². The van der Waals surface area contributed by atoms with Crippen LogP contribution in [0.1, 0.15) is 15.7 Å². The summed E-state index contributed by atoms with van der Waals surface area (Å²) in [5, 5.41) is -0.458. The largest absolute Gasteiger partial charge is 0.458 e. The normalized spacial score (nSPS) is 20.0. The second-order valence-electron chi connectivity index (χ2n) is 4.98.